The van der Waals surface area contributed by atoms with E-state index in [-0.39, 0.29) is 11.7 Å². The molecule has 0 bridgehead atoms. The molecule has 3 nitrogen and oxygen atoms in total. The molecule has 0 aliphatic rings. The van der Waals surface area contributed by atoms with Gasteiger partial charge in [-0.2, -0.15) is 0 Å². The smallest absolute Gasteiger partial charge is 0.268 e. The fraction of sp³-hybridized carbons (Fsp3) is 0. The van der Waals surface area contributed by atoms with E-state index in [1.54, 1.807) is 42.5 Å². The Hall–Kier alpha value is -1.94. The van der Waals surface area contributed by atoms with Crippen molar-refractivity contribution in [2.75, 3.05) is 4.31 Å². The monoisotopic (exact) mass is 245 g/mol. The predicted molar refractivity (Wildman–Crippen MR) is 70.3 cm³/mol. The van der Waals surface area contributed by atoms with Crippen LogP contribution in [-0.4, -0.2) is 11.0 Å². The lowest BCUT2D eigenvalue weighted by Gasteiger charge is -2.16. The summed E-state index contributed by atoms with van der Waals surface area (Å²) >= 11 is 4.12. The van der Waals surface area contributed by atoms with Gasteiger partial charge in [0.1, 0.15) is 5.75 Å². The topological polar surface area (TPSA) is 40.5 Å². The van der Waals surface area contributed by atoms with Crippen molar-refractivity contribution < 1.29 is 9.90 Å². The maximum absolute atomic E-state index is 12.0. The lowest BCUT2D eigenvalue weighted by Crippen LogP contribution is -2.20. The Balaban J connectivity index is 2.30. The van der Waals surface area contributed by atoms with Crippen molar-refractivity contribution >= 4 is 24.4 Å². The van der Waals surface area contributed by atoms with Crippen LogP contribution in [-0.2, 0) is 0 Å². The van der Waals surface area contributed by atoms with Crippen LogP contribution in [0.5, 0.6) is 5.75 Å². The first kappa shape index (κ1) is 11.5. The van der Waals surface area contributed by atoms with Crippen LogP contribution < -0.4 is 4.31 Å². The Morgan fingerprint density at radius 3 is 2.24 bits per heavy atom. The van der Waals surface area contributed by atoms with Crippen LogP contribution in [0.4, 0.5) is 5.69 Å². The van der Waals surface area contributed by atoms with Crippen LogP contribution in [0.25, 0.3) is 0 Å². The second kappa shape index (κ2) is 4.93. The molecule has 2 aromatic rings. The minimum absolute atomic E-state index is 0.0202. The van der Waals surface area contributed by atoms with Gasteiger partial charge in [-0.1, -0.05) is 43.1 Å². The third-order valence-corrected chi connectivity index (χ3v) is 2.72. The van der Waals surface area contributed by atoms with E-state index in [1.165, 1.54) is 6.07 Å². The fourth-order valence-electron chi connectivity index (χ4n) is 1.46. The van der Waals surface area contributed by atoms with E-state index in [0.29, 0.717) is 11.3 Å². The SMILES string of the molecule is O=C(c1ccccc1)N(S)c1ccccc1O. The molecular formula is C13H11NO2S. The third-order valence-electron chi connectivity index (χ3n) is 2.32. The van der Waals surface area contributed by atoms with Crippen LogP contribution in [0.3, 0.4) is 0 Å². The first-order valence-corrected chi connectivity index (χ1v) is 5.46. The number of carbonyl (C=O) groups is 1. The molecule has 4 heteroatoms. The minimum Gasteiger partial charge on any atom is -0.506 e. The molecule has 86 valence electrons. The summed E-state index contributed by atoms with van der Waals surface area (Å²) in [5.74, 6) is -0.262. The van der Waals surface area contributed by atoms with Gasteiger partial charge in [-0.15, -0.1) is 0 Å². The first-order valence-electron chi connectivity index (χ1n) is 5.06. The zero-order valence-corrected chi connectivity index (χ0v) is 9.84. The Bertz CT molecular complexity index is 528. The molecular weight excluding hydrogens is 234 g/mol. The minimum atomic E-state index is -0.282. The molecule has 0 fully saturated rings. The average molecular weight is 245 g/mol. The van der Waals surface area contributed by atoms with Crippen LogP contribution in [0, 0.1) is 0 Å². The largest absolute Gasteiger partial charge is 0.506 e. The summed E-state index contributed by atoms with van der Waals surface area (Å²) in [6, 6.07) is 15.3. The van der Waals surface area contributed by atoms with Crippen molar-refractivity contribution in [1.29, 1.82) is 0 Å². The zero-order valence-electron chi connectivity index (χ0n) is 8.95. The van der Waals surface area contributed by atoms with Crippen LogP contribution in [0.1, 0.15) is 10.4 Å². The highest BCUT2D eigenvalue weighted by molar-refractivity contribution is 7.82. The highest BCUT2D eigenvalue weighted by atomic mass is 32.1. The standard InChI is InChI=1S/C13H11NO2S/c15-12-9-5-4-8-11(12)14(17)13(16)10-6-2-1-3-7-10/h1-9,15,17H. The van der Waals surface area contributed by atoms with Crippen molar-refractivity contribution in [1.82, 2.24) is 0 Å². The summed E-state index contributed by atoms with van der Waals surface area (Å²) in [5, 5.41) is 9.63. The van der Waals surface area contributed by atoms with Gasteiger partial charge < -0.3 is 5.11 Å². The maximum Gasteiger partial charge on any atom is 0.268 e. The van der Waals surface area contributed by atoms with Gasteiger partial charge in [0.15, 0.2) is 0 Å². The fourth-order valence-corrected chi connectivity index (χ4v) is 1.74. The lowest BCUT2D eigenvalue weighted by molar-refractivity contribution is 0.101. The normalized spacial score (nSPS) is 9.94. The number of para-hydroxylation sites is 2. The quantitative estimate of drug-likeness (QED) is 0.799. The number of hydrogen-bond donors (Lipinski definition) is 2. The molecule has 0 aromatic heterocycles. The van der Waals surface area contributed by atoms with E-state index >= 15 is 0 Å². The van der Waals surface area contributed by atoms with Gasteiger partial charge in [-0.3, -0.25) is 4.79 Å². The van der Waals surface area contributed by atoms with Gasteiger partial charge in [0.2, 0.25) is 0 Å². The average Bonchev–Trinajstić information content (AvgIpc) is 2.39. The molecule has 17 heavy (non-hydrogen) atoms. The molecule has 1 N–H and O–H groups in total. The Kier molecular flexibility index (Phi) is 3.35. The molecule has 0 unspecified atom stereocenters. The van der Waals surface area contributed by atoms with E-state index in [1.807, 2.05) is 6.07 Å². The van der Waals surface area contributed by atoms with E-state index in [4.69, 9.17) is 0 Å². The van der Waals surface area contributed by atoms with Crippen molar-refractivity contribution in [2.45, 2.75) is 0 Å². The van der Waals surface area contributed by atoms with E-state index < -0.39 is 0 Å². The number of thiol groups is 1. The molecule has 0 saturated carbocycles. The Labute approximate surface area is 105 Å². The van der Waals surface area contributed by atoms with Crippen LogP contribution in [0.15, 0.2) is 54.6 Å². The number of carbonyl (C=O) groups excluding carboxylic acids is 1. The number of phenols is 1. The van der Waals surface area contributed by atoms with Crippen molar-refractivity contribution in [3.05, 3.63) is 60.2 Å². The first-order chi connectivity index (χ1) is 8.20. The molecule has 0 heterocycles. The summed E-state index contributed by atoms with van der Waals surface area (Å²) in [6.07, 6.45) is 0. The lowest BCUT2D eigenvalue weighted by atomic mass is 10.2. The van der Waals surface area contributed by atoms with Gasteiger partial charge in [0.05, 0.1) is 5.69 Å². The van der Waals surface area contributed by atoms with Gasteiger partial charge >= 0.3 is 0 Å². The number of nitrogens with zero attached hydrogens (tertiary/aromatic N) is 1. The number of aromatic hydroxyl groups is 1. The summed E-state index contributed by atoms with van der Waals surface area (Å²) in [5.41, 5.74) is 0.885. The summed E-state index contributed by atoms with van der Waals surface area (Å²) in [7, 11) is 0. The van der Waals surface area contributed by atoms with Gasteiger partial charge in [0.25, 0.3) is 5.91 Å². The molecule has 2 aromatic carbocycles. The number of benzene rings is 2. The number of anilines is 1. The number of phenolic OH excluding ortho intramolecular Hbond substituents is 1. The summed E-state index contributed by atoms with van der Waals surface area (Å²) in [6.45, 7) is 0. The molecule has 0 radical (unpaired) electrons. The maximum atomic E-state index is 12.0. The molecule has 0 saturated heterocycles. The third kappa shape index (κ3) is 2.42. The number of rotatable bonds is 2. The van der Waals surface area contributed by atoms with Gasteiger partial charge in [-0.05, 0) is 24.3 Å². The molecule has 2 rings (SSSR count). The van der Waals surface area contributed by atoms with Gasteiger partial charge in [-0.25, -0.2) is 4.31 Å². The van der Waals surface area contributed by atoms with Crippen molar-refractivity contribution in [2.24, 2.45) is 0 Å². The summed E-state index contributed by atoms with van der Waals surface area (Å²) in [4.78, 5) is 12.0. The van der Waals surface area contributed by atoms with E-state index in [0.717, 1.165) is 4.31 Å². The molecule has 0 aliphatic heterocycles. The zero-order chi connectivity index (χ0) is 12.3. The number of hydrogen-bond acceptors (Lipinski definition) is 3. The highest BCUT2D eigenvalue weighted by Gasteiger charge is 2.16. The predicted octanol–water partition coefficient (Wildman–Crippen LogP) is 2.88. The van der Waals surface area contributed by atoms with Crippen molar-refractivity contribution in [3.8, 4) is 5.75 Å². The van der Waals surface area contributed by atoms with E-state index in [2.05, 4.69) is 12.8 Å². The number of amides is 1. The molecule has 0 atom stereocenters. The summed E-state index contributed by atoms with van der Waals surface area (Å²) < 4.78 is 1.13. The highest BCUT2D eigenvalue weighted by Crippen LogP contribution is 2.28. The van der Waals surface area contributed by atoms with E-state index in [9.17, 15) is 9.90 Å². The molecule has 1 amide bonds. The van der Waals surface area contributed by atoms with Crippen LogP contribution in [0.2, 0.25) is 0 Å². The Morgan fingerprint density at radius 1 is 1.00 bits per heavy atom. The second-order valence-corrected chi connectivity index (χ2v) is 3.87. The second-order valence-electron chi connectivity index (χ2n) is 3.47. The van der Waals surface area contributed by atoms with Gasteiger partial charge in [0, 0.05) is 5.56 Å². The van der Waals surface area contributed by atoms with Crippen molar-refractivity contribution in [3.63, 3.8) is 0 Å². The molecule has 0 spiro atoms. The Morgan fingerprint density at radius 2 is 1.59 bits per heavy atom. The molecule has 0 aliphatic carbocycles. The van der Waals surface area contributed by atoms with Crippen LogP contribution >= 0.6 is 12.8 Å².